The number of carbonyl (C=O) groups is 1. The van der Waals surface area contributed by atoms with E-state index in [-0.39, 0.29) is 12.5 Å². The fourth-order valence-corrected chi connectivity index (χ4v) is 6.66. The maximum Gasteiger partial charge on any atom is 0.268 e. The van der Waals surface area contributed by atoms with Gasteiger partial charge in [0, 0.05) is 6.42 Å². The average molecular weight is 781 g/mol. The summed E-state index contributed by atoms with van der Waals surface area (Å²) in [7, 11) is 1.22. The molecule has 0 aromatic carbocycles. The fraction of sp³-hybridized carbons (Fsp3) is 0.800. The first-order chi connectivity index (χ1) is 26.0. The number of nitrogens with zero attached hydrogens (tertiary/aromatic N) is 1. The van der Waals surface area contributed by atoms with Crippen molar-refractivity contribution in [3.05, 3.63) is 48.6 Å². The number of nitrogens with one attached hydrogen (secondary N) is 1. The van der Waals surface area contributed by atoms with Crippen molar-refractivity contribution in [1.82, 2.24) is 5.32 Å². The Bertz CT molecular complexity index is 1020. The summed E-state index contributed by atoms with van der Waals surface area (Å²) in [5.74, 6) is -0.222. The van der Waals surface area contributed by atoms with Crippen LogP contribution >= 0.6 is 7.82 Å². The van der Waals surface area contributed by atoms with E-state index in [0.717, 1.165) is 64.2 Å². The standard InChI is InChI=1S/C45H85N2O6P/c1-6-8-10-12-14-16-18-20-22-24-26-28-30-32-34-36-38-44(48)43(42-53-54(50,51)52-41-40-47(3,4)5)46-45(49)39-37-35-33-31-29-27-25-23-21-19-17-15-13-11-9-7-2/h20,22-23,25,28,30,36,38,43-44,48H,6-19,21,24,26-27,29,31-35,37,39-42H2,1-5H3,(H-,46,49,50,51)/b22-20+,25-23-,30-28+,38-36+. The predicted octanol–water partition coefficient (Wildman–Crippen LogP) is 11.4. The number of carbonyl (C=O) groups excluding carboxylic acids is 1. The third-order valence-electron chi connectivity index (χ3n) is 9.49. The molecule has 0 rings (SSSR count). The molecule has 1 amide bonds. The molecule has 0 aliphatic heterocycles. The zero-order valence-corrected chi connectivity index (χ0v) is 36.6. The highest BCUT2D eigenvalue weighted by Gasteiger charge is 2.23. The monoisotopic (exact) mass is 781 g/mol. The van der Waals surface area contributed by atoms with Gasteiger partial charge in [-0.3, -0.25) is 9.36 Å². The van der Waals surface area contributed by atoms with Gasteiger partial charge in [-0.1, -0.05) is 152 Å². The number of hydrogen-bond acceptors (Lipinski definition) is 6. The molecule has 0 saturated carbocycles. The molecule has 9 heteroatoms. The molecular formula is C45H85N2O6P. The molecule has 0 aromatic rings. The van der Waals surface area contributed by atoms with Gasteiger partial charge in [0.1, 0.15) is 13.2 Å². The molecule has 54 heavy (non-hydrogen) atoms. The normalized spacial score (nSPS) is 14.9. The van der Waals surface area contributed by atoms with Gasteiger partial charge in [0.2, 0.25) is 5.91 Å². The van der Waals surface area contributed by atoms with Crippen molar-refractivity contribution in [2.45, 2.75) is 193 Å². The Hall–Kier alpha value is -1.54. The minimum absolute atomic E-state index is 0.0116. The molecule has 0 aliphatic carbocycles. The van der Waals surface area contributed by atoms with Crippen molar-refractivity contribution < 1.29 is 32.9 Å². The number of hydrogen-bond donors (Lipinski definition) is 2. The van der Waals surface area contributed by atoms with Crippen molar-refractivity contribution in [3.8, 4) is 0 Å². The van der Waals surface area contributed by atoms with E-state index in [0.29, 0.717) is 17.4 Å². The molecule has 0 bridgehead atoms. The first kappa shape index (κ1) is 52.5. The number of aliphatic hydroxyl groups excluding tert-OH is 1. The average Bonchev–Trinajstić information content (AvgIpc) is 3.12. The summed E-state index contributed by atoms with van der Waals surface area (Å²) in [6.07, 6.45) is 45.8. The SMILES string of the molecule is CCCCCCCC/C=C/CC/C=C/CC/C=C/C(O)C(COP(=O)([O-])OCC[N+](C)(C)C)NC(=O)CCCCCCC/C=C\CCCCCCCCC. The fourth-order valence-electron chi connectivity index (χ4n) is 5.94. The van der Waals surface area contributed by atoms with Gasteiger partial charge < -0.3 is 28.8 Å². The second-order valence-electron chi connectivity index (χ2n) is 16.0. The van der Waals surface area contributed by atoms with Crippen LogP contribution in [0.5, 0.6) is 0 Å². The summed E-state index contributed by atoms with van der Waals surface area (Å²) in [5, 5.41) is 13.7. The Kier molecular flexibility index (Phi) is 36.0. The molecule has 0 aromatic heterocycles. The Balaban J connectivity index is 4.54. The molecule has 0 saturated heterocycles. The Morgan fingerprint density at radius 1 is 0.630 bits per heavy atom. The van der Waals surface area contributed by atoms with Gasteiger partial charge in [0.25, 0.3) is 7.82 Å². The van der Waals surface area contributed by atoms with Crippen molar-refractivity contribution >= 4 is 13.7 Å². The third-order valence-corrected chi connectivity index (χ3v) is 10.5. The summed E-state index contributed by atoms with van der Waals surface area (Å²) in [6.45, 7) is 4.58. The number of rotatable bonds is 39. The molecule has 3 atom stereocenters. The lowest BCUT2D eigenvalue weighted by atomic mass is 10.1. The number of allylic oxidation sites excluding steroid dienone is 7. The highest BCUT2D eigenvalue weighted by molar-refractivity contribution is 7.45. The molecule has 0 radical (unpaired) electrons. The predicted molar refractivity (Wildman–Crippen MR) is 228 cm³/mol. The number of likely N-dealkylation sites (N-methyl/N-ethyl adjacent to an activating group) is 1. The topological polar surface area (TPSA) is 108 Å². The van der Waals surface area contributed by atoms with E-state index < -0.39 is 26.6 Å². The molecule has 2 N–H and O–H groups in total. The highest BCUT2D eigenvalue weighted by Crippen LogP contribution is 2.38. The van der Waals surface area contributed by atoms with E-state index in [1.807, 2.05) is 27.2 Å². The van der Waals surface area contributed by atoms with Crippen LogP contribution in [-0.2, 0) is 18.4 Å². The van der Waals surface area contributed by atoms with Crippen molar-refractivity contribution in [1.29, 1.82) is 0 Å². The van der Waals surface area contributed by atoms with Crippen LogP contribution in [0.4, 0.5) is 0 Å². The maximum atomic E-state index is 12.8. The van der Waals surface area contributed by atoms with Gasteiger partial charge in [0.05, 0.1) is 39.9 Å². The van der Waals surface area contributed by atoms with Crippen molar-refractivity contribution in [2.75, 3.05) is 40.9 Å². The first-order valence-corrected chi connectivity index (χ1v) is 23.5. The Labute approximate surface area is 333 Å². The first-order valence-electron chi connectivity index (χ1n) is 22.0. The van der Waals surface area contributed by atoms with Gasteiger partial charge >= 0.3 is 0 Å². The van der Waals surface area contributed by atoms with Crippen LogP contribution in [0.3, 0.4) is 0 Å². The van der Waals surface area contributed by atoms with Crippen LogP contribution < -0.4 is 10.2 Å². The minimum atomic E-state index is -4.60. The highest BCUT2D eigenvalue weighted by atomic mass is 31.2. The number of amides is 1. The molecule has 0 aliphatic rings. The summed E-state index contributed by atoms with van der Waals surface area (Å²) in [5.41, 5.74) is 0. The summed E-state index contributed by atoms with van der Waals surface area (Å²) < 4.78 is 23.1. The molecular weight excluding hydrogens is 695 g/mol. The van der Waals surface area contributed by atoms with Gasteiger partial charge in [-0.05, 0) is 70.6 Å². The molecule has 8 nitrogen and oxygen atoms in total. The summed E-state index contributed by atoms with van der Waals surface area (Å²) in [4.78, 5) is 25.3. The van der Waals surface area contributed by atoms with Crippen molar-refractivity contribution in [3.63, 3.8) is 0 Å². The number of unbranched alkanes of at least 4 members (excludes halogenated alkanes) is 20. The summed E-state index contributed by atoms with van der Waals surface area (Å²) in [6, 6.07) is -0.912. The number of aliphatic hydroxyl groups is 1. The van der Waals surface area contributed by atoms with Crippen LogP contribution in [0.15, 0.2) is 48.6 Å². The van der Waals surface area contributed by atoms with E-state index >= 15 is 0 Å². The molecule has 0 heterocycles. The van der Waals surface area contributed by atoms with Crippen LogP contribution in [0, 0.1) is 0 Å². The van der Waals surface area contributed by atoms with Crippen LogP contribution in [-0.4, -0.2) is 68.5 Å². The van der Waals surface area contributed by atoms with Gasteiger partial charge in [-0.2, -0.15) is 0 Å². The zero-order valence-electron chi connectivity index (χ0n) is 35.7. The molecule has 0 fully saturated rings. The Morgan fingerprint density at radius 2 is 1.04 bits per heavy atom. The van der Waals surface area contributed by atoms with Crippen LogP contribution in [0.1, 0.15) is 181 Å². The summed E-state index contributed by atoms with van der Waals surface area (Å²) >= 11 is 0. The van der Waals surface area contributed by atoms with Gasteiger partial charge in [-0.15, -0.1) is 0 Å². The molecule has 3 unspecified atom stereocenters. The quantitative estimate of drug-likeness (QED) is 0.0278. The van der Waals surface area contributed by atoms with E-state index in [2.05, 4.69) is 55.6 Å². The largest absolute Gasteiger partial charge is 0.756 e. The number of phosphoric ester groups is 1. The lowest BCUT2D eigenvalue weighted by Crippen LogP contribution is -2.45. The molecule has 316 valence electrons. The van der Waals surface area contributed by atoms with Crippen LogP contribution in [0.2, 0.25) is 0 Å². The van der Waals surface area contributed by atoms with E-state index in [9.17, 15) is 19.4 Å². The van der Waals surface area contributed by atoms with Gasteiger partial charge in [-0.25, -0.2) is 0 Å². The second kappa shape index (κ2) is 37.1. The number of phosphoric acid groups is 1. The lowest BCUT2D eigenvalue weighted by molar-refractivity contribution is -0.870. The van der Waals surface area contributed by atoms with Gasteiger partial charge in [0.15, 0.2) is 0 Å². The zero-order chi connectivity index (χ0) is 40.0. The minimum Gasteiger partial charge on any atom is -0.756 e. The lowest BCUT2D eigenvalue weighted by Gasteiger charge is -2.29. The van der Waals surface area contributed by atoms with Crippen molar-refractivity contribution in [2.24, 2.45) is 0 Å². The smallest absolute Gasteiger partial charge is 0.268 e. The van der Waals surface area contributed by atoms with E-state index in [1.54, 1.807) is 6.08 Å². The number of quaternary nitrogens is 1. The van der Waals surface area contributed by atoms with Crippen LogP contribution in [0.25, 0.3) is 0 Å². The Morgan fingerprint density at radius 3 is 1.50 bits per heavy atom. The van der Waals surface area contributed by atoms with E-state index in [1.165, 1.54) is 96.3 Å². The van der Waals surface area contributed by atoms with E-state index in [4.69, 9.17) is 9.05 Å². The molecule has 0 spiro atoms. The second-order valence-corrected chi connectivity index (χ2v) is 17.4. The third kappa shape index (κ3) is 38.7. The maximum absolute atomic E-state index is 12.8.